The van der Waals surface area contributed by atoms with Gasteiger partial charge < -0.3 is 16.8 Å². The minimum absolute atomic E-state index is 0.0264. The van der Waals surface area contributed by atoms with E-state index in [9.17, 15) is 4.79 Å². The number of aryl methyl sites for hydroxylation is 1. The number of guanidine groups is 1. The van der Waals surface area contributed by atoms with E-state index in [-0.39, 0.29) is 36.3 Å². The number of amides is 1. The molecule has 2 atom stereocenters. The molecule has 2 aromatic carbocycles. The second kappa shape index (κ2) is 10.0. The molecule has 3 aromatic rings. The van der Waals surface area contributed by atoms with Crippen molar-refractivity contribution in [2.45, 2.75) is 51.1 Å². The van der Waals surface area contributed by atoms with Crippen molar-refractivity contribution >= 4 is 46.1 Å². The zero-order valence-electron chi connectivity index (χ0n) is 18.5. The Kier molecular flexibility index (Phi) is 6.93. The van der Waals surface area contributed by atoms with Gasteiger partial charge in [-0.2, -0.15) is 4.98 Å². The average molecular weight is 466 g/mol. The van der Waals surface area contributed by atoms with E-state index in [0.717, 1.165) is 47.7 Å². The van der Waals surface area contributed by atoms with Gasteiger partial charge in [-0.25, -0.2) is 9.98 Å². The van der Waals surface area contributed by atoms with Crippen molar-refractivity contribution in [3.63, 3.8) is 0 Å². The Hall–Kier alpha value is -3.39. The predicted molar refractivity (Wildman–Crippen MR) is 134 cm³/mol. The number of benzene rings is 2. The lowest BCUT2D eigenvalue weighted by Gasteiger charge is -2.30. The first-order valence-corrected chi connectivity index (χ1v) is 11.4. The summed E-state index contributed by atoms with van der Waals surface area (Å²) in [5, 5.41) is 7.89. The van der Waals surface area contributed by atoms with Crippen molar-refractivity contribution in [3.05, 3.63) is 58.6 Å². The van der Waals surface area contributed by atoms with E-state index in [2.05, 4.69) is 25.6 Å². The number of hydrogen-bond donors (Lipinski definition) is 4. The molecule has 0 saturated heterocycles. The molecule has 0 radical (unpaired) electrons. The number of carbonyl (C=O) groups is 1. The number of aromatic nitrogens is 2. The van der Waals surface area contributed by atoms with Crippen LogP contribution in [0.5, 0.6) is 0 Å². The topological polar surface area (TPSA) is 131 Å². The Labute approximate surface area is 197 Å². The minimum Gasteiger partial charge on any atom is -0.370 e. The molecule has 1 fully saturated rings. The normalized spacial score (nSPS) is 18.0. The summed E-state index contributed by atoms with van der Waals surface area (Å²) in [5.41, 5.74) is 14.0. The molecule has 4 rings (SSSR count). The van der Waals surface area contributed by atoms with Crippen molar-refractivity contribution in [3.8, 4) is 0 Å². The van der Waals surface area contributed by atoms with Gasteiger partial charge in [0, 0.05) is 10.4 Å². The summed E-state index contributed by atoms with van der Waals surface area (Å²) in [7, 11) is 0. The van der Waals surface area contributed by atoms with Crippen LogP contribution in [-0.4, -0.2) is 33.9 Å². The molecule has 1 aromatic heterocycles. The standard InChI is InChI=1S/C24H28ClN7O/c1-14-6-11-18-17(12-14)22(28-19-4-2-3-5-20(19)29-23(26)27)32-24(30-18)31-21(33)13-15-7-9-16(25)10-8-15/h6-12,19-20H,2-5,13H2,1H3,(H4,26,27,29)(H2,28,30,31,32,33). The molecule has 1 heterocycles. The van der Waals surface area contributed by atoms with Crippen LogP contribution >= 0.6 is 11.6 Å². The fourth-order valence-corrected chi connectivity index (χ4v) is 4.29. The highest BCUT2D eigenvalue weighted by molar-refractivity contribution is 6.30. The zero-order valence-corrected chi connectivity index (χ0v) is 19.3. The van der Waals surface area contributed by atoms with E-state index in [1.165, 1.54) is 0 Å². The van der Waals surface area contributed by atoms with Crippen LogP contribution in [0.1, 0.15) is 36.8 Å². The first-order chi connectivity index (χ1) is 15.9. The predicted octanol–water partition coefficient (Wildman–Crippen LogP) is 3.77. The van der Waals surface area contributed by atoms with E-state index in [1.54, 1.807) is 12.1 Å². The lowest BCUT2D eigenvalue weighted by molar-refractivity contribution is -0.115. The Bertz CT molecular complexity index is 1180. The van der Waals surface area contributed by atoms with Crippen LogP contribution in [0.3, 0.4) is 0 Å². The van der Waals surface area contributed by atoms with Crippen LogP contribution in [0.4, 0.5) is 11.8 Å². The molecule has 33 heavy (non-hydrogen) atoms. The summed E-state index contributed by atoms with van der Waals surface area (Å²) in [6.45, 7) is 2.02. The first kappa shape index (κ1) is 22.8. The lowest BCUT2D eigenvalue weighted by Crippen LogP contribution is -2.38. The highest BCUT2D eigenvalue weighted by Crippen LogP contribution is 2.29. The highest BCUT2D eigenvalue weighted by atomic mass is 35.5. The maximum Gasteiger partial charge on any atom is 0.231 e. The van der Waals surface area contributed by atoms with Gasteiger partial charge in [0.1, 0.15) is 5.82 Å². The molecule has 0 spiro atoms. The number of nitrogens with one attached hydrogen (secondary N) is 2. The van der Waals surface area contributed by atoms with Crippen molar-refractivity contribution in [2.75, 3.05) is 10.6 Å². The number of fused-ring (bicyclic) bond motifs is 1. The molecule has 6 N–H and O–H groups in total. The van der Waals surface area contributed by atoms with Gasteiger partial charge in [0.25, 0.3) is 0 Å². The second-order valence-corrected chi connectivity index (χ2v) is 8.86. The monoisotopic (exact) mass is 465 g/mol. The van der Waals surface area contributed by atoms with Gasteiger partial charge >= 0.3 is 0 Å². The molecule has 1 amide bonds. The lowest BCUT2D eigenvalue weighted by atomic mass is 9.90. The maximum absolute atomic E-state index is 12.6. The number of nitrogens with two attached hydrogens (primary N) is 2. The summed E-state index contributed by atoms with van der Waals surface area (Å²) in [6, 6.07) is 13.1. The van der Waals surface area contributed by atoms with Crippen molar-refractivity contribution in [1.29, 1.82) is 0 Å². The molecular weight excluding hydrogens is 438 g/mol. The average Bonchev–Trinajstić information content (AvgIpc) is 2.77. The molecule has 2 unspecified atom stereocenters. The van der Waals surface area contributed by atoms with Gasteiger partial charge in [-0.15, -0.1) is 0 Å². The Morgan fingerprint density at radius 1 is 1.12 bits per heavy atom. The number of hydrogen-bond acceptors (Lipinski definition) is 5. The van der Waals surface area contributed by atoms with E-state index in [4.69, 9.17) is 23.1 Å². The number of carbonyl (C=O) groups excluding carboxylic acids is 1. The molecule has 1 saturated carbocycles. The fraction of sp³-hybridized carbons (Fsp3) is 0.333. The van der Waals surface area contributed by atoms with E-state index in [1.807, 2.05) is 37.3 Å². The largest absolute Gasteiger partial charge is 0.370 e. The SMILES string of the molecule is Cc1ccc2nc(NC(=O)Cc3ccc(Cl)cc3)nc(NC3CCCCC3N=C(N)N)c2c1. The van der Waals surface area contributed by atoms with E-state index >= 15 is 0 Å². The molecule has 0 bridgehead atoms. The Morgan fingerprint density at radius 2 is 1.88 bits per heavy atom. The zero-order chi connectivity index (χ0) is 23.4. The fourth-order valence-electron chi connectivity index (χ4n) is 4.17. The number of anilines is 2. The third kappa shape index (κ3) is 5.90. The molecule has 0 aliphatic heterocycles. The highest BCUT2D eigenvalue weighted by Gasteiger charge is 2.26. The summed E-state index contributed by atoms with van der Waals surface area (Å²) in [5.74, 6) is 0.799. The summed E-state index contributed by atoms with van der Waals surface area (Å²) < 4.78 is 0. The number of aliphatic imine (C=N–C) groups is 1. The molecule has 1 aliphatic rings. The third-order valence-electron chi connectivity index (χ3n) is 5.75. The van der Waals surface area contributed by atoms with Gasteiger partial charge in [0.2, 0.25) is 11.9 Å². The van der Waals surface area contributed by atoms with E-state index in [0.29, 0.717) is 10.8 Å². The van der Waals surface area contributed by atoms with Crippen molar-refractivity contribution in [1.82, 2.24) is 9.97 Å². The van der Waals surface area contributed by atoms with Gasteiger partial charge in [0.15, 0.2) is 5.96 Å². The van der Waals surface area contributed by atoms with Gasteiger partial charge in [0.05, 0.1) is 24.0 Å². The first-order valence-electron chi connectivity index (χ1n) is 11.1. The summed E-state index contributed by atoms with van der Waals surface area (Å²) in [4.78, 5) is 26.3. The van der Waals surface area contributed by atoms with Crippen LogP contribution in [-0.2, 0) is 11.2 Å². The molecule has 1 aliphatic carbocycles. The number of nitrogens with zero attached hydrogens (tertiary/aromatic N) is 3. The van der Waals surface area contributed by atoms with Crippen LogP contribution in [0.15, 0.2) is 47.5 Å². The van der Waals surface area contributed by atoms with Gasteiger partial charge in [-0.05, 0) is 49.6 Å². The van der Waals surface area contributed by atoms with Crippen LogP contribution in [0.25, 0.3) is 10.9 Å². The number of rotatable bonds is 6. The van der Waals surface area contributed by atoms with Gasteiger partial charge in [-0.1, -0.05) is 48.2 Å². The quantitative estimate of drug-likeness (QED) is 0.323. The molecular formula is C24H28ClN7O. The summed E-state index contributed by atoms with van der Waals surface area (Å²) >= 11 is 5.93. The second-order valence-electron chi connectivity index (χ2n) is 8.42. The van der Waals surface area contributed by atoms with Crippen LogP contribution in [0.2, 0.25) is 5.02 Å². The summed E-state index contributed by atoms with van der Waals surface area (Å²) in [6.07, 6.45) is 4.19. The Morgan fingerprint density at radius 3 is 2.64 bits per heavy atom. The van der Waals surface area contributed by atoms with Crippen molar-refractivity contribution in [2.24, 2.45) is 16.5 Å². The Balaban J connectivity index is 1.61. The molecule has 172 valence electrons. The van der Waals surface area contributed by atoms with Crippen LogP contribution in [0, 0.1) is 6.92 Å². The van der Waals surface area contributed by atoms with Crippen LogP contribution < -0.4 is 22.1 Å². The minimum atomic E-state index is -0.203. The van der Waals surface area contributed by atoms with Gasteiger partial charge in [-0.3, -0.25) is 10.1 Å². The number of halogens is 1. The smallest absolute Gasteiger partial charge is 0.231 e. The molecule has 8 nitrogen and oxygen atoms in total. The maximum atomic E-state index is 12.6. The third-order valence-corrected chi connectivity index (χ3v) is 6.00. The van der Waals surface area contributed by atoms with E-state index < -0.39 is 0 Å². The van der Waals surface area contributed by atoms with Crippen molar-refractivity contribution < 1.29 is 4.79 Å². The molecule has 9 heteroatoms.